The van der Waals surface area contributed by atoms with Gasteiger partial charge in [0.1, 0.15) is 11.4 Å². The van der Waals surface area contributed by atoms with Gasteiger partial charge < -0.3 is 14.4 Å². The van der Waals surface area contributed by atoms with E-state index in [2.05, 4.69) is 14.9 Å². The van der Waals surface area contributed by atoms with Crippen LogP contribution in [0.25, 0.3) is 22.6 Å². The molecule has 2 atom stereocenters. The second-order valence-corrected chi connectivity index (χ2v) is 7.43. The van der Waals surface area contributed by atoms with Crippen LogP contribution in [0.3, 0.4) is 0 Å². The standard InChI is InChI=1S/C23H16F6N2O3/c24-22(25,26)16-5-1-3-14(11-16)21-18(20(32)15-4-2-10-30-12-15)19(31-34-21)13-6-8-17(9-7-13)33-23(27,28)29/h1-11,15,20,32H,12H2. The minimum Gasteiger partial charge on any atom is -0.406 e. The number of aliphatic hydroxyl groups excluding tert-OH is 1. The summed E-state index contributed by atoms with van der Waals surface area (Å²) in [6, 6.07) is 9.02. The predicted molar refractivity (Wildman–Crippen MR) is 110 cm³/mol. The van der Waals surface area contributed by atoms with Crippen molar-refractivity contribution in [3.63, 3.8) is 0 Å². The Kier molecular flexibility index (Phi) is 6.22. The highest BCUT2D eigenvalue weighted by Crippen LogP contribution is 2.41. The summed E-state index contributed by atoms with van der Waals surface area (Å²) in [5.74, 6) is -1.09. The summed E-state index contributed by atoms with van der Waals surface area (Å²) in [7, 11) is 0. The number of halogens is 6. The molecule has 1 aromatic heterocycles. The van der Waals surface area contributed by atoms with Crippen molar-refractivity contribution in [1.29, 1.82) is 0 Å². The van der Waals surface area contributed by atoms with Gasteiger partial charge in [-0.05, 0) is 42.5 Å². The average molecular weight is 482 g/mol. The zero-order chi connectivity index (χ0) is 24.5. The largest absolute Gasteiger partial charge is 0.573 e. The fourth-order valence-electron chi connectivity index (χ4n) is 3.56. The zero-order valence-electron chi connectivity index (χ0n) is 17.1. The smallest absolute Gasteiger partial charge is 0.406 e. The average Bonchev–Trinajstić information content (AvgIpc) is 3.23. The van der Waals surface area contributed by atoms with Gasteiger partial charge in [-0.15, -0.1) is 13.2 Å². The molecule has 34 heavy (non-hydrogen) atoms. The van der Waals surface area contributed by atoms with E-state index in [-0.39, 0.29) is 34.7 Å². The number of ether oxygens (including phenoxy) is 1. The Bertz CT molecular complexity index is 1210. The number of allylic oxidation sites excluding steroid dienone is 1. The maximum Gasteiger partial charge on any atom is 0.573 e. The first kappa shape index (κ1) is 23.6. The summed E-state index contributed by atoms with van der Waals surface area (Å²) in [6.07, 6.45) is -5.90. The van der Waals surface area contributed by atoms with Gasteiger partial charge in [0.25, 0.3) is 0 Å². The van der Waals surface area contributed by atoms with Crippen LogP contribution in [0, 0.1) is 5.92 Å². The SMILES string of the molecule is OC(c1c(-c2ccc(OC(F)(F)F)cc2)noc1-c1cccc(C(F)(F)F)c1)C1C=CC=NC1. The van der Waals surface area contributed by atoms with Gasteiger partial charge in [-0.1, -0.05) is 23.4 Å². The first-order chi connectivity index (χ1) is 16.0. The lowest BCUT2D eigenvalue weighted by Crippen LogP contribution is -2.17. The van der Waals surface area contributed by atoms with E-state index in [0.717, 1.165) is 24.3 Å². The van der Waals surface area contributed by atoms with E-state index in [9.17, 15) is 31.4 Å². The van der Waals surface area contributed by atoms with Gasteiger partial charge in [-0.25, -0.2) is 0 Å². The maximum atomic E-state index is 13.2. The lowest BCUT2D eigenvalue weighted by molar-refractivity contribution is -0.274. The van der Waals surface area contributed by atoms with Crippen molar-refractivity contribution in [3.05, 3.63) is 71.8 Å². The first-order valence-corrected chi connectivity index (χ1v) is 9.91. The topological polar surface area (TPSA) is 67.8 Å². The molecule has 5 nitrogen and oxygen atoms in total. The number of hydrogen-bond acceptors (Lipinski definition) is 5. The quantitative estimate of drug-likeness (QED) is 0.439. The zero-order valence-corrected chi connectivity index (χ0v) is 17.1. The van der Waals surface area contributed by atoms with E-state index in [0.29, 0.717) is 0 Å². The summed E-state index contributed by atoms with van der Waals surface area (Å²) in [5, 5.41) is 15.1. The Hall–Kier alpha value is -3.60. The van der Waals surface area contributed by atoms with Crippen molar-refractivity contribution >= 4 is 6.21 Å². The molecule has 0 spiro atoms. The van der Waals surface area contributed by atoms with Crippen LogP contribution in [-0.4, -0.2) is 29.4 Å². The van der Waals surface area contributed by atoms with Crippen molar-refractivity contribution in [2.75, 3.05) is 6.54 Å². The van der Waals surface area contributed by atoms with E-state index in [1.54, 1.807) is 18.4 Å². The van der Waals surface area contributed by atoms with E-state index in [4.69, 9.17) is 4.52 Å². The van der Waals surface area contributed by atoms with Crippen LogP contribution in [0.15, 0.2) is 70.2 Å². The molecule has 0 saturated carbocycles. The Balaban J connectivity index is 1.80. The summed E-state index contributed by atoms with van der Waals surface area (Å²) < 4.78 is 86.4. The number of aliphatic imine (C=N–C) groups is 1. The van der Waals surface area contributed by atoms with Crippen LogP contribution in [-0.2, 0) is 6.18 Å². The highest BCUT2D eigenvalue weighted by atomic mass is 19.4. The van der Waals surface area contributed by atoms with Gasteiger partial charge in [-0.2, -0.15) is 13.2 Å². The Labute approximate surface area is 189 Å². The maximum absolute atomic E-state index is 13.2. The van der Waals surface area contributed by atoms with Crippen molar-refractivity contribution < 1.29 is 40.7 Å². The monoisotopic (exact) mass is 482 g/mol. The van der Waals surface area contributed by atoms with Crippen molar-refractivity contribution in [2.24, 2.45) is 10.9 Å². The third-order valence-corrected chi connectivity index (χ3v) is 5.11. The molecule has 0 amide bonds. The lowest BCUT2D eigenvalue weighted by Gasteiger charge is -2.20. The predicted octanol–water partition coefficient (Wildman–Crippen LogP) is 6.22. The molecule has 0 bridgehead atoms. The Morgan fingerprint density at radius 3 is 2.35 bits per heavy atom. The minimum atomic E-state index is -4.87. The molecule has 0 radical (unpaired) electrons. The second kappa shape index (κ2) is 8.98. The molecule has 1 N–H and O–H groups in total. The Morgan fingerprint density at radius 1 is 1.00 bits per heavy atom. The van der Waals surface area contributed by atoms with Gasteiger partial charge in [0.2, 0.25) is 0 Å². The molecule has 2 aromatic carbocycles. The number of hydrogen-bond donors (Lipinski definition) is 1. The number of benzene rings is 2. The highest BCUT2D eigenvalue weighted by molar-refractivity contribution is 5.75. The molecule has 1 aliphatic rings. The number of aliphatic hydroxyl groups is 1. The number of alkyl halides is 6. The van der Waals surface area contributed by atoms with Gasteiger partial charge in [-0.3, -0.25) is 4.99 Å². The number of dihydropyridines is 1. The fraction of sp³-hybridized carbons (Fsp3) is 0.217. The molecule has 11 heteroatoms. The van der Waals surface area contributed by atoms with Gasteiger partial charge in [0, 0.05) is 29.8 Å². The second-order valence-electron chi connectivity index (χ2n) is 7.43. The van der Waals surface area contributed by atoms with E-state index < -0.39 is 35.9 Å². The lowest BCUT2D eigenvalue weighted by atomic mass is 9.89. The Morgan fingerprint density at radius 2 is 1.74 bits per heavy atom. The van der Waals surface area contributed by atoms with Gasteiger partial charge >= 0.3 is 12.5 Å². The molecular weight excluding hydrogens is 466 g/mol. The van der Waals surface area contributed by atoms with Gasteiger partial charge in [0.05, 0.1) is 17.2 Å². The van der Waals surface area contributed by atoms with E-state index >= 15 is 0 Å². The highest BCUT2D eigenvalue weighted by Gasteiger charge is 2.34. The molecule has 0 aliphatic carbocycles. The van der Waals surface area contributed by atoms with Crippen LogP contribution in [0.5, 0.6) is 5.75 Å². The molecule has 178 valence electrons. The van der Waals surface area contributed by atoms with Crippen LogP contribution < -0.4 is 4.74 Å². The van der Waals surface area contributed by atoms with Crippen molar-refractivity contribution in [3.8, 4) is 28.3 Å². The molecule has 2 unspecified atom stereocenters. The minimum absolute atomic E-state index is 0.0305. The summed E-state index contributed by atoms with van der Waals surface area (Å²) in [5.41, 5.74) is -0.451. The summed E-state index contributed by atoms with van der Waals surface area (Å²) in [4.78, 5) is 4.09. The molecule has 2 heterocycles. The third-order valence-electron chi connectivity index (χ3n) is 5.11. The van der Waals surface area contributed by atoms with Crippen LogP contribution in [0.4, 0.5) is 26.3 Å². The van der Waals surface area contributed by atoms with Crippen LogP contribution in [0.2, 0.25) is 0 Å². The third kappa shape index (κ3) is 5.14. The molecule has 3 aromatic rings. The normalized spacial score (nSPS) is 17.1. The van der Waals surface area contributed by atoms with Crippen molar-refractivity contribution in [1.82, 2.24) is 5.16 Å². The molecular formula is C23H16F6N2O3. The number of nitrogens with zero attached hydrogens (tertiary/aromatic N) is 2. The summed E-state index contributed by atoms with van der Waals surface area (Å²) >= 11 is 0. The van der Waals surface area contributed by atoms with Crippen molar-refractivity contribution in [2.45, 2.75) is 18.6 Å². The van der Waals surface area contributed by atoms with E-state index in [1.807, 2.05) is 0 Å². The summed E-state index contributed by atoms with van der Waals surface area (Å²) in [6.45, 7) is 0.211. The van der Waals surface area contributed by atoms with Gasteiger partial charge in [0.15, 0.2) is 5.76 Å². The number of aromatic nitrogens is 1. The molecule has 4 rings (SSSR count). The van der Waals surface area contributed by atoms with E-state index in [1.165, 1.54) is 24.3 Å². The number of rotatable bonds is 5. The first-order valence-electron chi connectivity index (χ1n) is 9.91. The fourth-order valence-corrected chi connectivity index (χ4v) is 3.56. The molecule has 1 aliphatic heterocycles. The van der Waals surface area contributed by atoms with Crippen LogP contribution >= 0.6 is 0 Å². The molecule has 0 saturated heterocycles. The molecule has 0 fully saturated rings. The van der Waals surface area contributed by atoms with Crippen LogP contribution in [0.1, 0.15) is 17.2 Å².